The zero-order valence-electron chi connectivity index (χ0n) is 9.38. The summed E-state index contributed by atoms with van der Waals surface area (Å²) in [6.07, 6.45) is 3.77. The molecule has 0 aliphatic heterocycles. The molecule has 1 aliphatic rings. The number of nitrogens with zero attached hydrogens (tertiary/aromatic N) is 2. The number of alkyl halides is 3. The van der Waals surface area contributed by atoms with E-state index in [0.717, 1.165) is 6.08 Å². The predicted octanol–water partition coefficient (Wildman–Crippen LogP) is 1.45. The lowest BCUT2D eigenvalue weighted by Gasteiger charge is -2.12. The van der Waals surface area contributed by atoms with Crippen molar-refractivity contribution in [2.24, 2.45) is 11.1 Å². The molecule has 19 heavy (non-hydrogen) atoms. The van der Waals surface area contributed by atoms with Gasteiger partial charge in [-0.2, -0.15) is 26.9 Å². The molecule has 0 fully saturated rings. The number of hydrogen-bond acceptors (Lipinski definition) is 6. The van der Waals surface area contributed by atoms with E-state index in [9.17, 15) is 21.6 Å². The predicted molar refractivity (Wildman–Crippen MR) is 56.8 cm³/mol. The fourth-order valence-electron chi connectivity index (χ4n) is 1.03. The number of nitriles is 1. The highest BCUT2D eigenvalue weighted by molar-refractivity contribution is 7.87. The SMILES string of the molecule is COC1=CC(=NOS(=O)(=O)C(F)(F)F)C(C#N)C=C1. The quantitative estimate of drug-likeness (QED) is 0.581. The van der Waals surface area contributed by atoms with Crippen LogP contribution in [0.5, 0.6) is 0 Å². The largest absolute Gasteiger partial charge is 0.536 e. The van der Waals surface area contributed by atoms with E-state index in [4.69, 9.17) is 10.00 Å². The molecule has 0 aromatic rings. The van der Waals surface area contributed by atoms with Crippen molar-refractivity contribution in [3.8, 4) is 6.07 Å². The summed E-state index contributed by atoms with van der Waals surface area (Å²) in [5, 5.41) is 11.6. The van der Waals surface area contributed by atoms with Crippen LogP contribution in [0.2, 0.25) is 0 Å². The molecule has 6 nitrogen and oxygen atoms in total. The zero-order valence-corrected chi connectivity index (χ0v) is 10.2. The molecule has 1 unspecified atom stereocenters. The molecule has 0 bridgehead atoms. The molecule has 0 amide bonds. The van der Waals surface area contributed by atoms with Crippen LogP contribution in [0, 0.1) is 17.2 Å². The third-order valence-corrected chi connectivity index (χ3v) is 2.80. The van der Waals surface area contributed by atoms with E-state index in [1.807, 2.05) is 0 Å². The Morgan fingerprint density at radius 3 is 2.58 bits per heavy atom. The van der Waals surface area contributed by atoms with Crippen LogP contribution in [-0.2, 0) is 19.1 Å². The molecule has 1 rings (SSSR count). The van der Waals surface area contributed by atoms with Gasteiger partial charge in [-0.1, -0.05) is 11.2 Å². The Morgan fingerprint density at radius 2 is 2.11 bits per heavy atom. The molecule has 0 N–H and O–H groups in total. The van der Waals surface area contributed by atoms with Crippen LogP contribution in [0.4, 0.5) is 13.2 Å². The van der Waals surface area contributed by atoms with E-state index in [2.05, 4.69) is 9.44 Å². The fraction of sp³-hybridized carbons (Fsp3) is 0.333. The molecule has 1 aliphatic carbocycles. The number of halogens is 3. The molecule has 104 valence electrons. The molecule has 0 radical (unpaired) electrons. The highest BCUT2D eigenvalue weighted by Crippen LogP contribution is 2.25. The summed E-state index contributed by atoms with van der Waals surface area (Å²) in [5.74, 6) is -0.833. The van der Waals surface area contributed by atoms with E-state index in [-0.39, 0.29) is 11.5 Å². The van der Waals surface area contributed by atoms with Crippen molar-refractivity contribution in [3.63, 3.8) is 0 Å². The lowest BCUT2D eigenvalue weighted by molar-refractivity contribution is -0.0541. The van der Waals surface area contributed by atoms with E-state index in [0.29, 0.717) is 0 Å². The minimum Gasteiger partial charge on any atom is -0.497 e. The van der Waals surface area contributed by atoms with E-state index in [1.54, 1.807) is 6.07 Å². The molecule has 0 spiro atoms. The van der Waals surface area contributed by atoms with Crippen LogP contribution in [-0.4, -0.2) is 26.7 Å². The second-order valence-corrected chi connectivity index (χ2v) is 4.73. The molecule has 0 saturated heterocycles. The van der Waals surface area contributed by atoms with Gasteiger partial charge in [0.15, 0.2) is 0 Å². The molecule has 0 aromatic heterocycles. The fourth-order valence-corrected chi connectivity index (χ4v) is 1.30. The number of oxime groups is 1. The average molecular weight is 296 g/mol. The monoisotopic (exact) mass is 296 g/mol. The standard InChI is InChI=1S/C9H7F3N2O4S/c1-17-7-3-2-6(5-13)8(4-7)14-18-19(15,16)9(10,11)12/h2-4,6H,1H3. The number of hydrogen-bond donors (Lipinski definition) is 0. The third kappa shape index (κ3) is 3.47. The minimum atomic E-state index is -5.84. The minimum absolute atomic E-state index is 0.193. The summed E-state index contributed by atoms with van der Waals surface area (Å²) in [5.41, 5.74) is -5.90. The van der Waals surface area contributed by atoms with E-state index < -0.39 is 21.5 Å². The van der Waals surface area contributed by atoms with Gasteiger partial charge in [0.1, 0.15) is 17.4 Å². The topological polar surface area (TPSA) is 88.8 Å². The first-order valence-corrected chi connectivity index (χ1v) is 6.03. The summed E-state index contributed by atoms with van der Waals surface area (Å²) in [6.45, 7) is 0. The van der Waals surface area contributed by atoms with Gasteiger partial charge in [-0.3, -0.25) is 4.28 Å². The lowest BCUT2D eigenvalue weighted by Crippen LogP contribution is -2.25. The van der Waals surface area contributed by atoms with Crippen molar-refractivity contribution in [1.82, 2.24) is 0 Å². The zero-order chi connectivity index (χ0) is 14.7. The maximum absolute atomic E-state index is 12.0. The number of rotatable bonds is 3. The Hall–Kier alpha value is -2.02. The Labute approximate surface area is 106 Å². The van der Waals surface area contributed by atoms with Gasteiger partial charge in [0, 0.05) is 6.08 Å². The number of methoxy groups -OCH3 is 1. The van der Waals surface area contributed by atoms with Gasteiger partial charge < -0.3 is 4.74 Å². The van der Waals surface area contributed by atoms with Crippen molar-refractivity contribution in [3.05, 3.63) is 24.0 Å². The normalized spacial score (nSPS) is 21.7. The van der Waals surface area contributed by atoms with Gasteiger partial charge in [-0.15, -0.1) is 0 Å². The van der Waals surface area contributed by atoms with Crippen molar-refractivity contribution in [2.75, 3.05) is 7.11 Å². The summed E-state index contributed by atoms with van der Waals surface area (Å²) in [7, 11) is -4.56. The van der Waals surface area contributed by atoms with Gasteiger partial charge in [0.2, 0.25) is 0 Å². The molecule has 10 heteroatoms. The van der Waals surface area contributed by atoms with E-state index >= 15 is 0 Å². The van der Waals surface area contributed by atoms with Crippen molar-refractivity contribution >= 4 is 15.8 Å². The van der Waals surface area contributed by atoms with Crippen LogP contribution < -0.4 is 0 Å². The molecular weight excluding hydrogens is 289 g/mol. The Balaban J connectivity index is 3.02. The van der Waals surface area contributed by atoms with Gasteiger partial charge >= 0.3 is 15.6 Å². The molecule has 1 atom stereocenters. The molecule has 0 saturated carbocycles. The second kappa shape index (κ2) is 5.31. The smallest absolute Gasteiger partial charge is 0.497 e. The van der Waals surface area contributed by atoms with Gasteiger partial charge in [0.25, 0.3) is 0 Å². The summed E-state index contributed by atoms with van der Waals surface area (Å²) in [4.78, 5) is 0. The summed E-state index contributed by atoms with van der Waals surface area (Å²) in [6, 6.07) is 1.70. The third-order valence-electron chi connectivity index (χ3n) is 1.96. The Morgan fingerprint density at radius 1 is 1.47 bits per heavy atom. The first-order chi connectivity index (χ1) is 8.71. The van der Waals surface area contributed by atoms with Crippen LogP contribution in [0.25, 0.3) is 0 Å². The maximum Gasteiger partial charge on any atom is 0.536 e. The van der Waals surface area contributed by atoms with Crippen molar-refractivity contribution in [1.29, 1.82) is 5.26 Å². The van der Waals surface area contributed by atoms with Crippen LogP contribution in [0.15, 0.2) is 29.1 Å². The molecule has 0 aromatic carbocycles. The first kappa shape index (κ1) is 15.0. The highest BCUT2D eigenvalue weighted by Gasteiger charge is 2.49. The van der Waals surface area contributed by atoms with E-state index in [1.165, 1.54) is 19.3 Å². The maximum atomic E-state index is 12.0. The molecule has 0 heterocycles. The van der Waals surface area contributed by atoms with Gasteiger partial charge in [0.05, 0.1) is 13.2 Å². The second-order valence-electron chi connectivity index (χ2n) is 3.21. The van der Waals surface area contributed by atoms with Crippen LogP contribution in [0.3, 0.4) is 0 Å². The Bertz CT molecular complexity index is 584. The van der Waals surface area contributed by atoms with Crippen molar-refractivity contribution in [2.45, 2.75) is 5.51 Å². The average Bonchev–Trinajstić information content (AvgIpc) is 2.34. The number of allylic oxidation sites excluding steroid dienone is 3. The summed E-state index contributed by atoms with van der Waals surface area (Å²) >= 11 is 0. The first-order valence-electron chi connectivity index (χ1n) is 4.62. The van der Waals surface area contributed by atoms with Crippen molar-refractivity contribution < 1.29 is 30.6 Å². The number of ether oxygens (including phenoxy) is 1. The highest BCUT2D eigenvalue weighted by atomic mass is 32.2. The van der Waals surface area contributed by atoms with Crippen LogP contribution in [0.1, 0.15) is 0 Å². The lowest BCUT2D eigenvalue weighted by atomic mass is 9.99. The Kier molecular flexibility index (Phi) is 4.21. The molecular formula is C9H7F3N2O4S. The van der Waals surface area contributed by atoms with Gasteiger partial charge in [-0.25, -0.2) is 0 Å². The summed E-state index contributed by atoms with van der Waals surface area (Å²) < 4.78 is 65.6. The van der Waals surface area contributed by atoms with Gasteiger partial charge in [-0.05, 0) is 6.08 Å². The van der Waals surface area contributed by atoms with Crippen LogP contribution >= 0.6 is 0 Å².